The van der Waals surface area contributed by atoms with Gasteiger partial charge in [0, 0.05) is 6.54 Å². The smallest absolute Gasteiger partial charge is 0.238 e. The number of piperidine rings is 1. The van der Waals surface area contributed by atoms with E-state index in [4.69, 9.17) is 5.73 Å². The molecular formula is C14H14F5N3O2. The number of rotatable bonds is 4. The third-order valence-corrected chi connectivity index (χ3v) is 3.75. The van der Waals surface area contributed by atoms with Crippen LogP contribution in [0.3, 0.4) is 0 Å². The molecule has 0 unspecified atom stereocenters. The highest BCUT2D eigenvalue weighted by Gasteiger charge is 2.28. The van der Waals surface area contributed by atoms with Crippen LogP contribution < -0.4 is 11.1 Å². The molecule has 0 radical (unpaired) electrons. The first-order chi connectivity index (χ1) is 11.2. The summed E-state index contributed by atoms with van der Waals surface area (Å²) in [5, 5.41) is 1.69. The number of hydrogen-bond acceptors (Lipinski definition) is 3. The number of nitrogens with zero attached hydrogens (tertiary/aromatic N) is 1. The molecule has 0 bridgehead atoms. The van der Waals surface area contributed by atoms with Gasteiger partial charge < -0.3 is 11.1 Å². The van der Waals surface area contributed by atoms with Crippen LogP contribution in [0.5, 0.6) is 0 Å². The molecule has 1 aromatic carbocycles. The van der Waals surface area contributed by atoms with Crippen molar-refractivity contribution in [1.29, 1.82) is 0 Å². The lowest BCUT2D eigenvalue weighted by Crippen LogP contribution is -2.44. The average Bonchev–Trinajstić information content (AvgIpc) is 2.55. The van der Waals surface area contributed by atoms with E-state index in [-0.39, 0.29) is 13.1 Å². The molecule has 0 spiro atoms. The lowest BCUT2D eigenvalue weighted by atomic mass is 9.97. The molecule has 24 heavy (non-hydrogen) atoms. The van der Waals surface area contributed by atoms with Crippen LogP contribution in [-0.2, 0) is 9.59 Å². The number of likely N-dealkylation sites (tertiary alicyclic amines) is 1. The van der Waals surface area contributed by atoms with Gasteiger partial charge in [0.05, 0.1) is 12.5 Å². The quantitative estimate of drug-likeness (QED) is 0.491. The van der Waals surface area contributed by atoms with Crippen LogP contribution in [0.1, 0.15) is 12.8 Å². The fraction of sp³-hybridized carbons (Fsp3) is 0.429. The second kappa shape index (κ2) is 7.12. The molecule has 1 atom stereocenters. The molecule has 1 aliphatic rings. The second-order valence-electron chi connectivity index (χ2n) is 5.47. The average molecular weight is 351 g/mol. The number of carbonyl (C=O) groups is 2. The van der Waals surface area contributed by atoms with Gasteiger partial charge in [0.1, 0.15) is 5.69 Å². The summed E-state index contributed by atoms with van der Waals surface area (Å²) in [6.45, 7) is 0.247. The zero-order valence-electron chi connectivity index (χ0n) is 12.3. The molecule has 1 aliphatic heterocycles. The van der Waals surface area contributed by atoms with E-state index in [9.17, 15) is 31.5 Å². The zero-order chi connectivity index (χ0) is 18.0. The molecule has 132 valence electrons. The van der Waals surface area contributed by atoms with Gasteiger partial charge in [0.25, 0.3) is 0 Å². The largest absolute Gasteiger partial charge is 0.369 e. The molecular weight excluding hydrogens is 337 g/mol. The third-order valence-electron chi connectivity index (χ3n) is 3.75. The maximum Gasteiger partial charge on any atom is 0.238 e. The Bertz CT molecular complexity index is 654. The first kappa shape index (κ1) is 18.1. The van der Waals surface area contributed by atoms with Gasteiger partial charge in [-0.25, -0.2) is 22.0 Å². The Kier molecular flexibility index (Phi) is 5.37. The van der Waals surface area contributed by atoms with E-state index in [1.165, 1.54) is 4.90 Å². The summed E-state index contributed by atoms with van der Waals surface area (Å²) in [5.41, 5.74) is 3.78. The van der Waals surface area contributed by atoms with Gasteiger partial charge in [-0.3, -0.25) is 14.5 Å². The summed E-state index contributed by atoms with van der Waals surface area (Å²) < 4.78 is 66.1. The minimum Gasteiger partial charge on any atom is -0.369 e. The topological polar surface area (TPSA) is 75.4 Å². The van der Waals surface area contributed by atoms with Crippen molar-refractivity contribution >= 4 is 17.5 Å². The lowest BCUT2D eigenvalue weighted by Gasteiger charge is -2.30. The first-order valence-electron chi connectivity index (χ1n) is 7.05. The number of nitrogens with one attached hydrogen (secondary N) is 1. The molecule has 2 amide bonds. The highest BCUT2D eigenvalue weighted by Crippen LogP contribution is 2.27. The number of amides is 2. The Morgan fingerprint density at radius 3 is 2.12 bits per heavy atom. The molecule has 0 saturated carbocycles. The maximum atomic E-state index is 13.5. The third kappa shape index (κ3) is 3.64. The molecule has 10 heteroatoms. The van der Waals surface area contributed by atoms with E-state index in [2.05, 4.69) is 0 Å². The number of nitrogens with two attached hydrogens (primary N) is 1. The summed E-state index contributed by atoms with van der Waals surface area (Å²) in [5.74, 6) is -12.8. The van der Waals surface area contributed by atoms with E-state index >= 15 is 0 Å². The summed E-state index contributed by atoms with van der Waals surface area (Å²) in [6, 6.07) is 0. The van der Waals surface area contributed by atoms with Gasteiger partial charge in [0.15, 0.2) is 23.3 Å². The van der Waals surface area contributed by atoms with Crippen LogP contribution in [0.25, 0.3) is 0 Å². The van der Waals surface area contributed by atoms with Crippen LogP contribution >= 0.6 is 0 Å². The number of hydrogen-bond donors (Lipinski definition) is 2. The van der Waals surface area contributed by atoms with Crippen molar-refractivity contribution in [2.24, 2.45) is 11.7 Å². The van der Waals surface area contributed by atoms with E-state index in [1.807, 2.05) is 0 Å². The van der Waals surface area contributed by atoms with Crippen LogP contribution in [-0.4, -0.2) is 36.3 Å². The minimum absolute atomic E-state index is 0.180. The molecule has 0 aliphatic carbocycles. The highest BCUT2D eigenvalue weighted by atomic mass is 19.2. The number of carbonyl (C=O) groups excluding carboxylic acids is 2. The molecule has 1 fully saturated rings. The first-order valence-corrected chi connectivity index (χ1v) is 7.05. The van der Waals surface area contributed by atoms with Gasteiger partial charge >= 0.3 is 0 Å². The summed E-state index contributed by atoms with van der Waals surface area (Å²) >= 11 is 0. The zero-order valence-corrected chi connectivity index (χ0v) is 12.3. The lowest BCUT2D eigenvalue weighted by molar-refractivity contribution is -0.125. The monoisotopic (exact) mass is 351 g/mol. The van der Waals surface area contributed by atoms with Gasteiger partial charge in [-0.2, -0.15) is 0 Å². The van der Waals surface area contributed by atoms with Gasteiger partial charge in [-0.05, 0) is 19.4 Å². The highest BCUT2D eigenvalue weighted by molar-refractivity contribution is 5.92. The maximum absolute atomic E-state index is 13.5. The normalized spacial score (nSPS) is 18.5. The fourth-order valence-corrected chi connectivity index (χ4v) is 2.53. The van der Waals surface area contributed by atoms with Crippen LogP contribution in [0, 0.1) is 35.0 Å². The number of anilines is 1. The van der Waals surface area contributed by atoms with Crippen molar-refractivity contribution in [3.05, 3.63) is 29.1 Å². The Hall–Kier alpha value is -2.23. The number of halogens is 5. The molecule has 1 heterocycles. The Morgan fingerprint density at radius 1 is 1.04 bits per heavy atom. The molecule has 2 rings (SSSR count). The van der Waals surface area contributed by atoms with E-state index < -0.39 is 52.5 Å². The summed E-state index contributed by atoms with van der Waals surface area (Å²) in [6.07, 6.45) is 1.15. The second-order valence-corrected chi connectivity index (χ2v) is 5.47. The number of benzene rings is 1. The molecule has 1 aromatic rings. The van der Waals surface area contributed by atoms with E-state index in [0.717, 1.165) is 0 Å². The summed E-state index contributed by atoms with van der Waals surface area (Å²) in [7, 11) is 0. The van der Waals surface area contributed by atoms with Crippen molar-refractivity contribution < 1.29 is 31.5 Å². The van der Waals surface area contributed by atoms with Crippen molar-refractivity contribution in [1.82, 2.24) is 4.90 Å². The Balaban J connectivity index is 2.09. The standard InChI is InChI=1S/C14H14F5N3O2/c15-8-9(16)11(18)13(12(19)10(8)17)21-7(23)5-22-3-1-2-6(4-22)14(20)24/h6H,1-5H2,(H2,20,24)(H,21,23)/t6-/m0/s1. The van der Waals surface area contributed by atoms with Crippen LogP contribution in [0.2, 0.25) is 0 Å². The minimum atomic E-state index is -2.30. The van der Waals surface area contributed by atoms with Gasteiger partial charge in [-0.15, -0.1) is 0 Å². The SMILES string of the molecule is NC(=O)[C@H]1CCCN(CC(=O)Nc2c(F)c(F)c(F)c(F)c2F)C1. The van der Waals surface area contributed by atoms with E-state index in [0.29, 0.717) is 19.4 Å². The van der Waals surface area contributed by atoms with Crippen molar-refractivity contribution in [3.63, 3.8) is 0 Å². The van der Waals surface area contributed by atoms with Crippen LogP contribution in [0.15, 0.2) is 0 Å². The van der Waals surface area contributed by atoms with Gasteiger partial charge in [0.2, 0.25) is 17.6 Å². The molecule has 3 N–H and O–H groups in total. The van der Waals surface area contributed by atoms with Crippen molar-refractivity contribution in [2.45, 2.75) is 12.8 Å². The van der Waals surface area contributed by atoms with E-state index in [1.54, 1.807) is 5.32 Å². The van der Waals surface area contributed by atoms with Crippen molar-refractivity contribution in [2.75, 3.05) is 25.0 Å². The fourth-order valence-electron chi connectivity index (χ4n) is 2.53. The predicted molar refractivity (Wildman–Crippen MR) is 73.2 cm³/mol. The Morgan fingerprint density at radius 2 is 1.58 bits per heavy atom. The number of primary amides is 1. The predicted octanol–water partition coefficient (Wildman–Crippen LogP) is 1.52. The molecule has 0 aromatic heterocycles. The summed E-state index contributed by atoms with van der Waals surface area (Å²) in [4.78, 5) is 24.5. The van der Waals surface area contributed by atoms with Crippen LogP contribution in [0.4, 0.5) is 27.6 Å². The van der Waals surface area contributed by atoms with Crippen molar-refractivity contribution in [3.8, 4) is 0 Å². The van der Waals surface area contributed by atoms with Gasteiger partial charge in [-0.1, -0.05) is 0 Å². The molecule has 1 saturated heterocycles. The molecule has 5 nitrogen and oxygen atoms in total. The Labute approximate surface area is 133 Å².